The zero-order chi connectivity index (χ0) is 20.6. The summed E-state index contributed by atoms with van der Waals surface area (Å²) in [5.74, 6) is 0.171. The number of hydrogen-bond acceptors (Lipinski definition) is 3. The number of benzene rings is 2. The number of carbonyl (C=O) groups excluding carboxylic acids is 1. The summed E-state index contributed by atoms with van der Waals surface area (Å²) in [6.07, 6.45) is 0. The van der Waals surface area contributed by atoms with Gasteiger partial charge in [-0.15, -0.1) is 12.4 Å². The van der Waals surface area contributed by atoms with Crippen molar-refractivity contribution in [2.75, 3.05) is 26.2 Å². The molecule has 30 heavy (non-hydrogen) atoms. The van der Waals surface area contributed by atoms with Gasteiger partial charge in [-0.3, -0.25) is 4.79 Å². The lowest BCUT2D eigenvalue weighted by Crippen LogP contribution is -2.57. The Morgan fingerprint density at radius 1 is 1.03 bits per heavy atom. The molecule has 162 valence electrons. The van der Waals surface area contributed by atoms with E-state index in [4.69, 9.17) is 11.6 Å². The second-order valence-corrected chi connectivity index (χ2v) is 9.10. The van der Waals surface area contributed by atoms with Gasteiger partial charge in [0.05, 0.1) is 11.5 Å². The predicted molar refractivity (Wildman–Crippen MR) is 123 cm³/mol. The second-order valence-electron chi connectivity index (χ2n) is 8.66. The van der Waals surface area contributed by atoms with Crippen LogP contribution in [0.3, 0.4) is 0 Å². The van der Waals surface area contributed by atoms with Crippen molar-refractivity contribution in [3.63, 3.8) is 0 Å². The first-order valence-electron chi connectivity index (χ1n) is 10.4. The van der Waals surface area contributed by atoms with E-state index in [1.54, 1.807) is 0 Å². The highest BCUT2D eigenvalue weighted by Crippen LogP contribution is 2.42. The largest absolute Gasteiger partial charge is 0.384 e. The molecule has 6 heteroatoms. The molecule has 2 fully saturated rings. The van der Waals surface area contributed by atoms with Crippen LogP contribution in [0.1, 0.15) is 30.9 Å². The summed E-state index contributed by atoms with van der Waals surface area (Å²) in [7, 11) is 0. The lowest BCUT2D eigenvalue weighted by Gasteiger charge is -2.48. The Kier molecular flexibility index (Phi) is 7.13. The molecule has 2 unspecified atom stereocenters. The number of amides is 1. The summed E-state index contributed by atoms with van der Waals surface area (Å²) in [5, 5.41) is 15.6. The first-order chi connectivity index (χ1) is 13.9. The van der Waals surface area contributed by atoms with Crippen LogP contribution in [-0.2, 0) is 10.4 Å². The van der Waals surface area contributed by atoms with Crippen LogP contribution in [0.5, 0.6) is 0 Å². The number of rotatable bonds is 3. The number of aliphatic hydroxyl groups is 1. The minimum absolute atomic E-state index is 0. The summed E-state index contributed by atoms with van der Waals surface area (Å²) in [6, 6.07) is 17.7. The van der Waals surface area contributed by atoms with E-state index >= 15 is 0 Å². The van der Waals surface area contributed by atoms with E-state index < -0.39 is 5.60 Å². The van der Waals surface area contributed by atoms with Gasteiger partial charge in [0.25, 0.3) is 0 Å². The number of halogens is 2. The van der Waals surface area contributed by atoms with E-state index in [1.807, 2.05) is 73.3 Å². The molecule has 0 bridgehead atoms. The maximum Gasteiger partial charge on any atom is 0.227 e. The van der Waals surface area contributed by atoms with Crippen molar-refractivity contribution in [2.45, 2.75) is 25.4 Å². The fourth-order valence-corrected chi connectivity index (χ4v) is 5.31. The molecular formula is C24H30Cl2N2O2. The standard InChI is InChI=1S/C24H29ClN2O2.ClH/c1-16-14-27(15-17(2)24(16,29)19-6-4-3-5-7-19)23(28)22-13-26-12-21(22)18-8-10-20(25)11-9-18;/h3-11,16-17,21-22,26,29H,12-15H2,1-2H3;1H/t16-,17+,21?,22-,24?;/m1./s1. The molecule has 1 amide bonds. The highest BCUT2D eigenvalue weighted by molar-refractivity contribution is 6.30. The van der Waals surface area contributed by atoms with Gasteiger partial charge in [-0.05, 0) is 23.3 Å². The number of hydrogen-bond donors (Lipinski definition) is 2. The van der Waals surface area contributed by atoms with E-state index in [0.29, 0.717) is 24.7 Å². The van der Waals surface area contributed by atoms with Crippen LogP contribution in [0.4, 0.5) is 0 Å². The summed E-state index contributed by atoms with van der Waals surface area (Å²) in [4.78, 5) is 15.4. The third-order valence-corrected chi connectivity index (χ3v) is 7.12. The molecule has 0 aromatic heterocycles. The summed E-state index contributed by atoms with van der Waals surface area (Å²) >= 11 is 6.03. The zero-order valence-electron chi connectivity index (χ0n) is 17.4. The van der Waals surface area contributed by atoms with Crippen LogP contribution in [0.25, 0.3) is 0 Å². The molecule has 4 nitrogen and oxygen atoms in total. The summed E-state index contributed by atoms with van der Waals surface area (Å²) in [5.41, 5.74) is 1.17. The van der Waals surface area contributed by atoms with Gasteiger partial charge in [0.15, 0.2) is 0 Å². The lowest BCUT2D eigenvalue weighted by atomic mass is 9.70. The number of nitrogens with one attached hydrogen (secondary N) is 1. The molecule has 0 spiro atoms. The Morgan fingerprint density at radius 2 is 1.63 bits per heavy atom. The van der Waals surface area contributed by atoms with Crippen molar-refractivity contribution >= 4 is 29.9 Å². The molecule has 0 radical (unpaired) electrons. The first kappa shape index (κ1) is 23.1. The minimum atomic E-state index is -0.915. The van der Waals surface area contributed by atoms with Crippen LogP contribution in [0.2, 0.25) is 5.02 Å². The van der Waals surface area contributed by atoms with Gasteiger partial charge in [0.2, 0.25) is 5.91 Å². The lowest BCUT2D eigenvalue weighted by molar-refractivity contribution is -0.152. The third kappa shape index (κ3) is 4.11. The normalized spacial score (nSPS) is 31.3. The first-order valence-corrected chi connectivity index (χ1v) is 10.8. The Hall–Kier alpha value is -1.59. The highest BCUT2D eigenvalue weighted by Gasteiger charge is 2.48. The SMILES string of the molecule is C[C@@H]1CN(C(=O)[C@@H]2CNCC2c2ccc(Cl)cc2)C[C@H](C)C1(O)c1ccccc1.Cl. The fourth-order valence-electron chi connectivity index (χ4n) is 5.19. The number of likely N-dealkylation sites (tertiary alicyclic amines) is 1. The average Bonchev–Trinajstić information content (AvgIpc) is 3.22. The quantitative estimate of drug-likeness (QED) is 0.743. The van der Waals surface area contributed by atoms with E-state index in [0.717, 1.165) is 17.7 Å². The molecular weight excluding hydrogens is 419 g/mol. The summed E-state index contributed by atoms with van der Waals surface area (Å²) in [6.45, 7) is 6.72. The molecule has 2 heterocycles. The Bertz CT molecular complexity index is 847. The van der Waals surface area contributed by atoms with Gasteiger partial charge in [0, 0.05) is 49.0 Å². The van der Waals surface area contributed by atoms with Crippen LogP contribution in [0, 0.1) is 17.8 Å². The van der Waals surface area contributed by atoms with Gasteiger partial charge in [0.1, 0.15) is 0 Å². The smallest absolute Gasteiger partial charge is 0.227 e. The maximum absolute atomic E-state index is 13.5. The zero-order valence-corrected chi connectivity index (χ0v) is 19.0. The van der Waals surface area contributed by atoms with E-state index in [1.165, 1.54) is 0 Å². The number of nitrogens with zero attached hydrogens (tertiary/aromatic N) is 1. The van der Waals surface area contributed by atoms with Crippen molar-refractivity contribution < 1.29 is 9.90 Å². The molecule has 0 aliphatic carbocycles. The monoisotopic (exact) mass is 448 g/mol. The Balaban J connectivity index is 0.00000256. The molecule has 4 rings (SSSR count). The van der Waals surface area contributed by atoms with Gasteiger partial charge in [-0.1, -0.05) is 67.9 Å². The fraction of sp³-hybridized carbons (Fsp3) is 0.458. The van der Waals surface area contributed by atoms with Crippen LogP contribution in [-0.4, -0.2) is 42.1 Å². The molecule has 0 saturated carbocycles. The Morgan fingerprint density at radius 3 is 2.23 bits per heavy atom. The topological polar surface area (TPSA) is 52.6 Å². The van der Waals surface area contributed by atoms with Crippen LogP contribution >= 0.6 is 24.0 Å². The van der Waals surface area contributed by atoms with Crippen molar-refractivity contribution in [2.24, 2.45) is 17.8 Å². The Labute approximate surface area is 190 Å². The highest BCUT2D eigenvalue weighted by atomic mass is 35.5. The number of carbonyl (C=O) groups is 1. The second kappa shape index (κ2) is 9.27. The van der Waals surface area contributed by atoms with E-state index in [2.05, 4.69) is 5.32 Å². The van der Waals surface area contributed by atoms with Gasteiger partial charge in [-0.25, -0.2) is 0 Å². The van der Waals surface area contributed by atoms with E-state index in [-0.39, 0.29) is 42.0 Å². The third-order valence-electron chi connectivity index (χ3n) is 6.87. The molecule has 2 aliphatic heterocycles. The molecule has 2 aromatic rings. The number of piperidine rings is 1. The van der Waals surface area contributed by atoms with Gasteiger partial charge >= 0.3 is 0 Å². The molecule has 2 saturated heterocycles. The van der Waals surface area contributed by atoms with Crippen LogP contribution in [0.15, 0.2) is 54.6 Å². The van der Waals surface area contributed by atoms with Crippen molar-refractivity contribution in [3.05, 3.63) is 70.7 Å². The molecule has 2 N–H and O–H groups in total. The maximum atomic E-state index is 13.5. The van der Waals surface area contributed by atoms with Crippen molar-refractivity contribution in [3.8, 4) is 0 Å². The summed E-state index contributed by atoms with van der Waals surface area (Å²) < 4.78 is 0. The van der Waals surface area contributed by atoms with E-state index in [9.17, 15) is 9.90 Å². The van der Waals surface area contributed by atoms with Gasteiger partial charge in [-0.2, -0.15) is 0 Å². The molecule has 2 aliphatic rings. The van der Waals surface area contributed by atoms with Crippen molar-refractivity contribution in [1.29, 1.82) is 0 Å². The van der Waals surface area contributed by atoms with Crippen molar-refractivity contribution in [1.82, 2.24) is 10.2 Å². The van der Waals surface area contributed by atoms with Crippen LogP contribution < -0.4 is 5.32 Å². The van der Waals surface area contributed by atoms with Gasteiger partial charge < -0.3 is 15.3 Å². The molecule has 2 aromatic carbocycles. The minimum Gasteiger partial charge on any atom is -0.384 e. The average molecular weight is 449 g/mol. The molecule has 5 atom stereocenters. The predicted octanol–water partition coefficient (Wildman–Crippen LogP) is 4.07.